The van der Waals surface area contributed by atoms with Crippen molar-refractivity contribution in [1.29, 1.82) is 0 Å². The van der Waals surface area contributed by atoms with Crippen molar-refractivity contribution in [3.05, 3.63) is 61.6 Å². The van der Waals surface area contributed by atoms with Crippen LogP contribution in [-0.4, -0.2) is 5.91 Å². The summed E-state index contributed by atoms with van der Waals surface area (Å²) in [4.78, 5) is 12.1. The number of rotatable bonds is 2. The van der Waals surface area contributed by atoms with Gasteiger partial charge in [-0.3, -0.25) is 4.79 Å². The maximum Gasteiger partial charge on any atom is 0.255 e. The molecule has 2 aromatic rings. The molecule has 0 unspecified atom stereocenters. The summed E-state index contributed by atoms with van der Waals surface area (Å²) >= 11 is 5.62. The monoisotopic (exact) mass is 415 g/mol. The Hall–Kier alpha value is -0.880. The molecule has 0 bridgehead atoms. The lowest BCUT2D eigenvalue weighted by Gasteiger charge is -2.07. The first-order valence-corrected chi connectivity index (χ1v) is 7.26. The van der Waals surface area contributed by atoms with Gasteiger partial charge in [0.2, 0.25) is 0 Å². The summed E-state index contributed by atoms with van der Waals surface area (Å²) in [6.45, 7) is 1.97. The van der Waals surface area contributed by atoms with Gasteiger partial charge in [-0.05, 0) is 71.5 Å². The van der Waals surface area contributed by atoms with Crippen molar-refractivity contribution in [1.82, 2.24) is 0 Å². The minimum atomic E-state index is -0.0959. The molecule has 0 atom stereocenters. The first-order valence-electron chi connectivity index (χ1n) is 5.39. The van der Waals surface area contributed by atoms with E-state index in [1.807, 2.05) is 49.4 Å². The number of hydrogen-bond donors (Lipinski definition) is 1. The molecular formula is C14H11BrINO. The Kier molecular flexibility index (Phi) is 4.40. The van der Waals surface area contributed by atoms with Gasteiger partial charge in [0.25, 0.3) is 5.91 Å². The van der Waals surface area contributed by atoms with Crippen LogP contribution in [0.1, 0.15) is 15.9 Å². The SMILES string of the molecule is Cc1cc(Br)cc(C(=O)Nc2cccc(I)c2)c1. The maximum absolute atomic E-state index is 12.1. The van der Waals surface area contributed by atoms with Crippen LogP contribution in [0.4, 0.5) is 5.69 Å². The van der Waals surface area contributed by atoms with Crippen molar-refractivity contribution >= 4 is 50.1 Å². The van der Waals surface area contributed by atoms with E-state index in [9.17, 15) is 4.79 Å². The number of carbonyl (C=O) groups is 1. The maximum atomic E-state index is 12.1. The van der Waals surface area contributed by atoms with Crippen LogP contribution in [0, 0.1) is 10.5 Å². The van der Waals surface area contributed by atoms with E-state index in [1.54, 1.807) is 0 Å². The topological polar surface area (TPSA) is 29.1 Å². The average molecular weight is 416 g/mol. The highest BCUT2D eigenvalue weighted by Crippen LogP contribution is 2.18. The van der Waals surface area contributed by atoms with Crippen molar-refractivity contribution in [3.8, 4) is 0 Å². The van der Waals surface area contributed by atoms with Gasteiger partial charge in [0, 0.05) is 19.3 Å². The number of hydrogen-bond acceptors (Lipinski definition) is 1. The fourth-order valence-electron chi connectivity index (χ4n) is 1.64. The summed E-state index contributed by atoms with van der Waals surface area (Å²) in [6.07, 6.45) is 0. The lowest BCUT2D eigenvalue weighted by Crippen LogP contribution is -2.12. The van der Waals surface area contributed by atoms with Crippen LogP contribution < -0.4 is 5.32 Å². The standard InChI is InChI=1S/C14H11BrINO/c1-9-5-10(7-11(15)6-9)14(18)17-13-4-2-3-12(16)8-13/h2-8H,1H3,(H,17,18). The van der Waals surface area contributed by atoms with E-state index in [2.05, 4.69) is 43.8 Å². The van der Waals surface area contributed by atoms with Gasteiger partial charge in [0.1, 0.15) is 0 Å². The lowest BCUT2D eigenvalue weighted by molar-refractivity contribution is 0.102. The molecule has 0 saturated carbocycles. The Morgan fingerprint density at radius 1 is 1.22 bits per heavy atom. The quantitative estimate of drug-likeness (QED) is 0.712. The van der Waals surface area contributed by atoms with Crippen LogP contribution in [0.15, 0.2) is 46.9 Å². The molecule has 1 N–H and O–H groups in total. The Morgan fingerprint density at radius 2 is 2.00 bits per heavy atom. The molecule has 0 aliphatic carbocycles. The second-order valence-corrected chi connectivity index (χ2v) is 6.14. The van der Waals surface area contributed by atoms with E-state index in [4.69, 9.17) is 0 Å². The van der Waals surface area contributed by atoms with Crippen molar-refractivity contribution in [2.75, 3.05) is 5.32 Å². The first-order chi connectivity index (χ1) is 8.54. The van der Waals surface area contributed by atoms with Crippen molar-refractivity contribution in [2.24, 2.45) is 0 Å². The Labute approximate surface area is 128 Å². The largest absolute Gasteiger partial charge is 0.322 e. The summed E-state index contributed by atoms with van der Waals surface area (Å²) in [5.41, 5.74) is 2.52. The fraction of sp³-hybridized carbons (Fsp3) is 0.0714. The molecule has 1 amide bonds. The highest BCUT2D eigenvalue weighted by molar-refractivity contribution is 14.1. The van der Waals surface area contributed by atoms with Crippen LogP contribution in [0.5, 0.6) is 0 Å². The third-order valence-electron chi connectivity index (χ3n) is 2.39. The van der Waals surface area contributed by atoms with Crippen LogP contribution in [-0.2, 0) is 0 Å². The van der Waals surface area contributed by atoms with Crippen molar-refractivity contribution in [2.45, 2.75) is 6.92 Å². The molecule has 92 valence electrons. The summed E-state index contributed by atoms with van der Waals surface area (Å²) in [7, 11) is 0. The van der Waals surface area contributed by atoms with E-state index in [0.29, 0.717) is 5.56 Å². The number of benzene rings is 2. The zero-order chi connectivity index (χ0) is 13.1. The van der Waals surface area contributed by atoms with Crippen LogP contribution in [0.25, 0.3) is 0 Å². The van der Waals surface area contributed by atoms with Gasteiger partial charge in [-0.15, -0.1) is 0 Å². The van der Waals surface area contributed by atoms with Crippen LogP contribution >= 0.6 is 38.5 Å². The molecular weight excluding hydrogens is 405 g/mol. The zero-order valence-electron chi connectivity index (χ0n) is 9.71. The molecule has 0 radical (unpaired) electrons. The number of carbonyl (C=O) groups excluding carboxylic acids is 1. The molecule has 2 rings (SSSR count). The molecule has 0 spiro atoms. The number of halogens is 2. The van der Waals surface area contributed by atoms with Gasteiger partial charge < -0.3 is 5.32 Å². The van der Waals surface area contributed by atoms with Gasteiger partial charge in [-0.2, -0.15) is 0 Å². The molecule has 2 aromatic carbocycles. The Morgan fingerprint density at radius 3 is 2.67 bits per heavy atom. The summed E-state index contributed by atoms with van der Waals surface area (Å²) in [6, 6.07) is 13.4. The van der Waals surface area contributed by atoms with E-state index in [-0.39, 0.29) is 5.91 Å². The Balaban J connectivity index is 2.22. The average Bonchev–Trinajstić information content (AvgIpc) is 2.27. The van der Waals surface area contributed by atoms with Crippen LogP contribution in [0.2, 0.25) is 0 Å². The number of amides is 1. The van der Waals surface area contributed by atoms with Gasteiger partial charge in [0.15, 0.2) is 0 Å². The minimum absolute atomic E-state index is 0.0959. The van der Waals surface area contributed by atoms with Crippen LogP contribution in [0.3, 0.4) is 0 Å². The van der Waals surface area contributed by atoms with Crippen molar-refractivity contribution < 1.29 is 4.79 Å². The van der Waals surface area contributed by atoms with Crippen molar-refractivity contribution in [3.63, 3.8) is 0 Å². The number of anilines is 1. The molecule has 0 heterocycles. The van der Waals surface area contributed by atoms with Gasteiger partial charge in [-0.1, -0.05) is 22.0 Å². The summed E-state index contributed by atoms with van der Waals surface area (Å²) in [5.74, 6) is -0.0959. The molecule has 2 nitrogen and oxygen atoms in total. The van der Waals surface area contributed by atoms with Gasteiger partial charge in [0.05, 0.1) is 0 Å². The molecule has 0 fully saturated rings. The zero-order valence-corrected chi connectivity index (χ0v) is 13.4. The third kappa shape index (κ3) is 3.55. The number of nitrogens with one attached hydrogen (secondary N) is 1. The predicted octanol–water partition coefficient (Wildman–Crippen LogP) is 4.61. The molecule has 0 aromatic heterocycles. The summed E-state index contributed by atoms with van der Waals surface area (Å²) < 4.78 is 2.01. The van der Waals surface area contributed by atoms with E-state index in [1.165, 1.54) is 0 Å². The first kappa shape index (κ1) is 13.5. The fourth-order valence-corrected chi connectivity index (χ4v) is 2.79. The van der Waals surface area contributed by atoms with E-state index < -0.39 is 0 Å². The van der Waals surface area contributed by atoms with E-state index in [0.717, 1.165) is 19.3 Å². The predicted molar refractivity (Wildman–Crippen MR) is 86.0 cm³/mol. The number of aryl methyl sites for hydroxylation is 1. The highest BCUT2D eigenvalue weighted by atomic mass is 127. The highest BCUT2D eigenvalue weighted by Gasteiger charge is 2.07. The smallest absolute Gasteiger partial charge is 0.255 e. The normalized spacial score (nSPS) is 10.2. The molecule has 0 saturated heterocycles. The third-order valence-corrected chi connectivity index (χ3v) is 3.52. The summed E-state index contributed by atoms with van der Waals surface area (Å²) in [5, 5.41) is 2.89. The second kappa shape index (κ2) is 5.84. The van der Waals surface area contributed by atoms with Gasteiger partial charge in [-0.25, -0.2) is 0 Å². The molecule has 18 heavy (non-hydrogen) atoms. The minimum Gasteiger partial charge on any atom is -0.322 e. The second-order valence-electron chi connectivity index (χ2n) is 3.98. The Bertz CT molecular complexity index is 578. The lowest BCUT2D eigenvalue weighted by atomic mass is 10.1. The van der Waals surface area contributed by atoms with Gasteiger partial charge >= 0.3 is 0 Å². The molecule has 0 aliphatic heterocycles. The molecule has 0 aliphatic rings. The van der Waals surface area contributed by atoms with E-state index >= 15 is 0 Å². The molecule has 4 heteroatoms.